The normalized spacial score (nSPS) is 17.0. The van der Waals surface area contributed by atoms with Gasteiger partial charge in [0.15, 0.2) is 0 Å². The molecule has 3 heteroatoms. The summed E-state index contributed by atoms with van der Waals surface area (Å²) in [5.74, 6) is 0. The fraction of sp³-hybridized carbons (Fsp3) is 0.350. The maximum atomic E-state index is 12.7. The van der Waals surface area contributed by atoms with Crippen LogP contribution in [0.3, 0.4) is 0 Å². The Hall–Kier alpha value is -2.29. The summed E-state index contributed by atoms with van der Waals surface area (Å²) in [6.45, 7) is 8.31. The second kappa shape index (κ2) is 5.73. The summed E-state index contributed by atoms with van der Waals surface area (Å²) in [6, 6.07) is 16.5. The highest BCUT2D eigenvalue weighted by Gasteiger charge is 2.31. The van der Waals surface area contributed by atoms with Gasteiger partial charge in [0.05, 0.1) is 12.6 Å². The first-order valence-electron chi connectivity index (χ1n) is 8.03. The SMILES string of the molecule is C[C@@H]1c2ccccc2-c2ccccc2CN1C(=O)OC(C)(C)C. The number of nitrogens with zero attached hydrogens (tertiary/aromatic N) is 1. The molecular weight excluding hydrogens is 286 g/mol. The molecule has 3 rings (SSSR count). The first-order chi connectivity index (χ1) is 10.9. The molecule has 1 atom stereocenters. The third kappa shape index (κ3) is 3.09. The Labute approximate surface area is 137 Å². The lowest BCUT2D eigenvalue weighted by molar-refractivity contribution is 0.0156. The van der Waals surface area contributed by atoms with E-state index in [0.717, 1.165) is 11.1 Å². The number of fused-ring (bicyclic) bond motifs is 3. The summed E-state index contributed by atoms with van der Waals surface area (Å²) in [5, 5.41) is 0. The molecule has 1 amide bonds. The molecular formula is C20H23NO2. The molecule has 23 heavy (non-hydrogen) atoms. The van der Waals surface area contributed by atoms with Crippen molar-refractivity contribution < 1.29 is 9.53 Å². The van der Waals surface area contributed by atoms with Crippen molar-refractivity contribution in [2.45, 2.75) is 45.9 Å². The fourth-order valence-corrected chi connectivity index (χ4v) is 3.06. The summed E-state index contributed by atoms with van der Waals surface area (Å²) in [6.07, 6.45) is -0.267. The number of amides is 1. The summed E-state index contributed by atoms with van der Waals surface area (Å²) in [5.41, 5.74) is 4.20. The molecule has 1 aliphatic rings. The van der Waals surface area contributed by atoms with Crippen LogP contribution in [-0.2, 0) is 11.3 Å². The fourth-order valence-electron chi connectivity index (χ4n) is 3.06. The van der Waals surface area contributed by atoms with Gasteiger partial charge >= 0.3 is 6.09 Å². The topological polar surface area (TPSA) is 29.5 Å². The summed E-state index contributed by atoms with van der Waals surface area (Å²) in [7, 11) is 0. The van der Waals surface area contributed by atoms with E-state index in [1.54, 1.807) is 0 Å². The van der Waals surface area contributed by atoms with Gasteiger partial charge in [-0.1, -0.05) is 48.5 Å². The predicted molar refractivity (Wildman–Crippen MR) is 92.1 cm³/mol. The van der Waals surface area contributed by atoms with Crippen LogP contribution in [0.25, 0.3) is 11.1 Å². The van der Waals surface area contributed by atoms with E-state index in [1.807, 2.05) is 49.9 Å². The van der Waals surface area contributed by atoms with E-state index in [-0.39, 0.29) is 12.1 Å². The van der Waals surface area contributed by atoms with Crippen molar-refractivity contribution in [3.8, 4) is 11.1 Å². The lowest BCUT2D eigenvalue weighted by atomic mass is 9.94. The van der Waals surface area contributed by atoms with Crippen molar-refractivity contribution in [1.29, 1.82) is 0 Å². The van der Waals surface area contributed by atoms with Crippen LogP contribution in [0.4, 0.5) is 4.79 Å². The van der Waals surface area contributed by atoms with Crippen molar-refractivity contribution in [3.05, 3.63) is 59.7 Å². The smallest absolute Gasteiger partial charge is 0.411 e. The molecule has 0 aromatic heterocycles. The number of hydrogen-bond donors (Lipinski definition) is 0. The highest BCUT2D eigenvalue weighted by Crippen LogP contribution is 2.38. The van der Waals surface area contributed by atoms with E-state index >= 15 is 0 Å². The maximum absolute atomic E-state index is 12.7. The second-order valence-corrected chi connectivity index (χ2v) is 7.03. The zero-order valence-electron chi connectivity index (χ0n) is 14.2. The van der Waals surface area contributed by atoms with Gasteiger partial charge in [0, 0.05) is 0 Å². The maximum Gasteiger partial charge on any atom is 0.411 e. The van der Waals surface area contributed by atoms with Crippen LogP contribution in [0.1, 0.15) is 44.9 Å². The molecule has 0 unspecified atom stereocenters. The largest absolute Gasteiger partial charge is 0.444 e. The van der Waals surface area contributed by atoms with Crippen molar-refractivity contribution in [2.24, 2.45) is 0 Å². The molecule has 0 fully saturated rings. The van der Waals surface area contributed by atoms with Gasteiger partial charge in [-0.3, -0.25) is 4.90 Å². The quantitative estimate of drug-likeness (QED) is 0.672. The van der Waals surface area contributed by atoms with Gasteiger partial charge in [0.2, 0.25) is 0 Å². The van der Waals surface area contributed by atoms with Crippen LogP contribution in [0, 0.1) is 0 Å². The number of benzene rings is 2. The lowest BCUT2D eigenvalue weighted by Crippen LogP contribution is -2.37. The molecule has 2 aromatic rings. The van der Waals surface area contributed by atoms with E-state index in [9.17, 15) is 4.79 Å². The Morgan fingerprint density at radius 1 is 1.04 bits per heavy atom. The van der Waals surface area contributed by atoms with Crippen LogP contribution >= 0.6 is 0 Å². The standard InChI is InChI=1S/C20H23NO2/c1-14-16-10-7-8-12-18(16)17-11-6-5-9-15(17)13-21(14)19(22)23-20(2,3)4/h5-12,14H,13H2,1-4H3/t14-/m1/s1. The van der Waals surface area contributed by atoms with Gasteiger partial charge in [-0.2, -0.15) is 0 Å². The van der Waals surface area contributed by atoms with E-state index in [4.69, 9.17) is 4.74 Å². The molecule has 1 aliphatic heterocycles. The molecule has 0 saturated carbocycles. The van der Waals surface area contributed by atoms with Gasteiger partial charge < -0.3 is 4.74 Å². The predicted octanol–water partition coefficient (Wildman–Crippen LogP) is 5.17. The molecule has 0 N–H and O–H groups in total. The first-order valence-corrected chi connectivity index (χ1v) is 8.03. The average Bonchev–Trinajstić information content (AvgIpc) is 2.62. The molecule has 0 radical (unpaired) electrons. The van der Waals surface area contributed by atoms with Crippen molar-refractivity contribution >= 4 is 6.09 Å². The summed E-state index contributed by atoms with van der Waals surface area (Å²) in [4.78, 5) is 14.5. The zero-order valence-corrected chi connectivity index (χ0v) is 14.2. The molecule has 0 bridgehead atoms. The van der Waals surface area contributed by atoms with Crippen LogP contribution in [0.2, 0.25) is 0 Å². The first kappa shape index (κ1) is 15.6. The van der Waals surface area contributed by atoms with Gasteiger partial charge in [0.25, 0.3) is 0 Å². The minimum absolute atomic E-state index is 0.0338. The van der Waals surface area contributed by atoms with Crippen LogP contribution in [0.15, 0.2) is 48.5 Å². The molecule has 1 heterocycles. The Kier molecular flexibility index (Phi) is 3.88. The number of ether oxygens (including phenoxy) is 1. The number of hydrogen-bond acceptors (Lipinski definition) is 2. The van der Waals surface area contributed by atoms with E-state index < -0.39 is 5.60 Å². The number of carbonyl (C=O) groups is 1. The number of carbonyl (C=O) groups excluding carboxylic acids is 1. The van der Waals surface area contributed by atoms with Gasteiger partial charge in [-0.25, -0.2) is 4.79 Å². The Morgan fingerprint density at radius 3 is 2.35 bits per heavy atom. The highest BCUT2D eigenvalue weighted by molar-refractivity contribution is 5.76. The average molecular weight is 309 g/mol. The van der Waals surface area contributed by atoms with Gasteiger partial charge in [-0.05, 0) is 49.9 Å². The van der Waals surface area contributed by atoms with Gasteiger partial charge in [0.1, 0.15) is 5.60 Å². The van der Waals surface area contributed by atoms with Crippen molar-refractivity contribution in [3.63, 3.8) is 0 Å². The monoisotopic (exact) mass is 309 g/mol. The third-order valence-corrected chi connectivity index (χ3v) is 4.15. The van der Waals surface area contributed by atoms with Crippen molar-refractivity contribution in [2.75, 3.05) is 0 Å². The Morgan fingerprint density at radius 2 is 1.65 bits per heavy atom. The zero-order chi connectivity index (χ0) is 16.6. The molecule has 0 saturated heterocycles. The minimum atomic E-state index is -0.498. The summed E-state index contributed by atoms with van der Waals surface area (Å²) < 4.78 is 5.62. The van der Waals surface area contributed by atoms with Crippen molar-refractivity contribution in [1.82, 2.24) is 4.90 Å². The lowest BCUT2D eigenvalue weighted by Gasteiger charge is -2.31. The van der Waals surface area contributed by atoms with Gasteiger partial charge in [-0.15, -0.1) is 0 Å². The minimum Gasteiger partial charge on any atom is -0.444 e. The molecule has 0 spiro atoms. The molecule has 0 aliphatic carbocycles. The summed E-state index contributed by atoms with van der Waals surface area (Å²) >= 11 is 0. The van der Waals surface area contributed by atoms with E-state index in [0.29, 0.717) is 6.54 Å². The molecule has 3 nitrogen and oxygen atoms in total. The van der Waals surface area contributed by atoms with Crippen LogP contribution < -0.4 is 0 Å². The second-order valence-electron chi connectivity index (χ2n) is 7.03. The van der Waals surface area contributed by atoms with E-state index in [2.05, 4.69) is 31.2 Å². The number of rotatable bonds is 0. The van der Waals surface area contributed by atoms with Crippen LogP contribution in [0.5, 0.6) is 0 Å². The Balaban J connectivity index is 2.08. The third-order valence-electron chi connectivity index (χ3n) is 4.15. The Bertz CT molecular complexity index is 730. The molecule has 2 aromatic carbocycles. The highest BCUT2D eigenvalue weighted by atomic mass is 16.6. The van der Waals surface area contributed by atoms with Crippen LogP contribution in [-0.4, -0.2) is 16.6 Å². The van der Waals surface area contributed by atoms with E-state index in [1.165, 1.54) is 11.1 Å². The molecule has 120 valence electrons.